The van der Waals surface area contributed by atoms with Crippen molar-refractivity contribution in [3.63, 3.8) is 0 Å². The summed E-state index contributed by atoms with van der Waals surface area (Å²) in [4.78, 5) is 11.9. The van der Waals surface area contributed by atoms with Crippen molar-refractivity contribution in [2.75, 3.05) is 17.2 Å². The van der Waals surface area contributed by atoms with E-state index in [0.717, 1.165) is 38.4 Å². The molecule has 2 aromatic rings. The van der Waals surface area contributed by atoms with Crippen molar-refractivity contribution in [1.82, 2.24) is 15.0 Å². The second-order valence-electron chi connectivity index (χ2n) is 6.91. The molecule has 0 aromatic carbocycles. The molecular weight excluding hydrogens is 391 g/mol. The number of nitrogens with one attached hydrogen (secondary N) is 2. The second kappa shape index (κ2) is 9.04. The van der Waals surface area contributed by atoms with Crippen LogP contribution in [0.3, 0.4) is 0 Å². The molecule has 28 heavy (non-hydrogen) atoms. The molecule has 0 unspecified atom stereocenters. The Kier molecular flexibility index (Phi) is 6.71. The van der Waals surface area contributed by atoms with Gasteiger partial charge in [-0.2, -0.15) is 18.2 Å². The monoisotopic (exact) mass is 415 g/mol. The average molecular weight is 415 g/mol. The van der Waals surface area contributed by atoms with E-state index in [1.807, 2.05) is 0 Å². The smallest absolute Gasteiger partial charge is 0.393 e. The van der Waals surface area contributed by atoms with Crippen LogP contribution in [0.15, 0.2) is 12.4 Å². The average Bonchev–Trinajstić information content (AvgIpc) is 3.14. The first-order valence-corrected chi connectivity index (χ1v) is 10.3. The van der Waals surface area contributed by atoms with Crippen LogP contribution in [0, 0.1) is 0 Å². The van der Waals surface area contributed by atoms with Gasteiger partial charge in [0.15, 0.2) is 0 Å². The van der Waals surface area contributed by atoms with Crippen LogP contribution in [0.2, 0.25) is 0 Å². The van der Waals surface area contributed by atoms with Crippen molar-refractivity contribution in [3.05, 3.63) is 17.3 Å². The molecule has 0 aliphatic heterocycles. The molecule has 3 N–H and O–H groups in total. The first-order valence-electron chi connectivity index (χ1n) is 9.45. The molecule has 0 bridgehead atoms. The number of halogens is 3. The van der Waals surface area contributed by atoms with E-state index in [4.69, 9.17) is 0 Å². The van der Waals surface area contributed by atoms with Gasteiger partial charge in [0, 0.05) is 18.8 Å². The van der Waals surface area contributed by atoms with Crippen molar-refractivity contribution in [2.45, 2.75) is 63.8 Å². The zero-order valence-corrected chi connectivity index (χ0v) is 16.4. The molecule has 2 aromatic heterocycles. The van der Waals surface area contributed by atoms with Crippen molar-refractivity contribution in [2.24, 2.45) is 0 Å². The van der Waals surface area contributed by atoms with Gasteiger partial charge in [-0.15, -0.1) is 11.3 Å². The molecule has 154 valence electrons. The van der Waals surface area contributed by atoms with Crippen LogP contribution >= 0.6 is 11.3 Å². The highest BCUT2D eigenvalue weighted by molar-refractivity contribution is 7.15. The zero-order chi connectivity index (χ0) is 20.1. The summed E-state index contributed by atoms with van der Waals surface area (Å²) in [5.41, 5.74) is 0.452. The summed E-state index contributed by atoms with van der Waals surface area (Å²) in [6, 6.07) is 0.0996. The Labute approximate surface area is 165 Å². The minimum Gasteiger partial charge on any atom is -0.393 e. The maximum absolute atomic E-state index is 13.0. The number of unbranched alkanes of at least 4 members (excludes halogenated alkanes) is 1. The quantitative estimate of drug-likeness (QED) is 0.576. The van der Waals surface area contributed by atoms with Gasteiger partial charge >= 0.3 is 6.18 Å². The van der Waals surface area contributed by atoms with Gasteiger partial charge in [-0.1, -0.05) is 13.3 Å². The number of aromatic nitrogens is 3. The maximum Gasteiger partial charge on any atom is 0.427 e. The molecule has 1 aliphatic carbocycles. The van der Waals surface area contributed by atoms with Crippen molar-refractivity contribution in [1.29, 1.82) is 0 Å². The number of thiazole rings is 1. The fourth-order valence-electron chi connectivity index (χ4n) is 3.05. The van der Waals surface area contributed by atoms with Crippen molar-refractivity contribution >= 4 is 23.1 Å². The molecule has 1 aliphatic rings. The lowest BCUT2D eigenvalue weighted by atomic mass is 9.93. The Balaban J connectivity index is 1.85. The Hall–Kier alpha value is -1.94. The molecule has 1 fully saturated rings. The minimum absolute atomic E-state index is 0.0996. The number of hydrogen-bond acceptors (Lipinski definition) is 7. The highest BCUT2D eigenvalue weighted by atomic mass is 32.1. The van der Waals surface area contributed by atoms with Gasteiger partial charge in [-0.05, 0) is 32.1 Å². The summed E-state index contributed by atoms with van der Waals surface area (Å²) in [5, 5.41) is 16.4. The number of hydrogen-bond donors (Lipinski definition) is 3. The van der Waals surface area contributed by atoms with E-state index in [9.17, 15) is 18.3 Å². The number of rotatable bonds is 7. The van der Waals surface area contributed by atoms with Gasteiger partial charge in [-0.25, -0.2) is 9.97 Å². The normalized spacial score (nSPS) is 20.2. The molecule has 0 spiro atoms. The predicted octanol–water partition coefficient (Wildman–Crippen LogP) is 4.55. The van der Waals surface area contributed by atoms with E-state index in [2.05, 4.69) is 32.5 Å². The molecule has 2 heterocycles. The van der Waals surface area contributed by atoms with Crippen LogP contribution in [0.5, 0.6) is 0 Å². The molecule has 0 saturated heterocycles. The topological polar surface area (TPSA) is 83.0 Å². The zero-order valence-electron chi connectivity index (χ0n) is 15.6. The van der Waals surface area contributed by atoms with Crippen LogP contribution in [0.25, 0.3) is 10.6 Å². The molecule has 3 rings (SSSR count). The standard InChI is InChI=1S/C18H24F3N5OS/c1-2-3-8-22-17-24-9-13(16-23-10-14(28-16)18(19,20)21)15(26-17)25-11-4-6-12(27)7-5-11/h9-12,27H,2-8H2,1H3,(H2,22,24,25,26)/t11-,12-. The third-order valence-corrected chi connectivity index (χ3v) is 5.73. The SMILES string of the molecule is CCCCNc1ncc(-c2ncc(C(F)(F)F)s2)c(N[C@H]2CC[C@H](O)CC2)n1. The number of nitrogens with zero attached hydrogens (tertiary/aromatic N) is 3. The van der Waals surface area contributed by atoms with Gasteiger partial charge in [0.2, 0.25) is 5.95 Å². The van der Waals surface area contributed by atoms with E-state index in [1.165, 1.54) is 6.20 Å². The molecule has 1 saturated carbocycles. The van der Waals surface area contributed by atoms with Crippen LogP contribution in [-0.4, -0.2) is 38.7 Å². The summed E-state index contributed by atoms with van der Waals surface area (Å²) >= 11 is 0.580. The lowest BCUT2D eigenvalue weighted by Crippen LogP contribution is -2.29. The van der Waals surface area contributed by atoms with E-state index < -0.39 is 11.1 Å². The predicted molar refractivity (Wildman–Crippen MR) is 103 cm³/mol. The fourth-order valence-corrected chi connectivity index (χ4v) is 3.85. The number of anilines is 2. The second-order valence-corrected chi connectivity index (χ2v) is 7.94. The largest absolute Gasteiger partial charge is 0.427 e. The first-order chi connectivity index (χ1) is 13.4. The van der Waals surface area contributed by atoms with Crippen molar-refractivity contribution in [3.8, 4) is 10.6 Å². The van der Waals surface area contributed by atoms with Gasteiger partial charge < -0.3 is 15.7 Å². The number of alkyl halides is 3. The van der Waals surface area contributed by atoms with Crippen LogP contribution in [0.1, 0.15) is 50.3 Å². The van der Waals surface area contributed by atoms with Gasteiger partial charge in [0.05, 0.1) is 17.9 Å². The Morgan fingerprint density at radius 1 is 1.18 bits per heavy atom. The molecule has 6 nitrogen and oxygen atoms in total. The fraction of sp³-hybridized carbons (Fsp3) is 0.611. The van der Waals surface area contributed by atoms with Gasteiger partial charge in [-0.3, -0.25) is 0 Å². The van der Waals surface area contributed by atoms with Crippen LogP contribution < -0.4 is 10.6 Å². The highest BCUT2D eigenvalue weighted by Crippen LogP contribution is 2.38. The molecule has 10 heteroatoms. The Morgan fingerprint density at radius 3 is 2.57 bits per heavy atom. The van der Waals surface area contributed by atoms with E-state index in [1.54, 1.807) is 0 Å². The van der Waals surface area contributed by atoms with E-state index in [0.29, 0.717) is 41.5 Å². The summed E-state index contributed by atoms with van der Waals surface area (Å²) in [6.45, 7) is 2.80. The summed E-state index contributed by atoms with van der Waals surface area (Å²) in [6.07, 6.45) is 2.56. The summed E-state index contributed by atoms with van der Waals surface area (Å²) < 4.78 is 38.9. The Bertz CT molecular complexity index is 775. The van der Waals surface area contributed by atoms with E-state index >= 15 is 0 Å². The lowest BCUT2D eigenvalue weighted by Gasteiger charge is -2.27. The number of aliphatic hydroxyl groups excluding tert-OH is 1. The minimum atomic E-state index is -4.43. The third kappa shape index (κ3) is 5.32. The third-order valence-electron chi connectivity index (χ3n) is 4.66. The molecule has 0 amide bonds. The van der Waals surface area contributed by atoms with Gasteiger partial charge in [0.25, 0.3) is 0 Å². The molecule has 0 radical (unpaired) electrons. The van der Waals surface area contributed by atoms with Crippen LogP contribution in [0.4, 0.5) is 24.9 Å². The lowest BCUT2D eigenvalue weighted by molar-refractivity contribution is -0.134. The summed E-state index contributed by atoms with van der Waals surface area (Å²) in [5.74, 6) is 0.904. The van der Waals surface area contributed by atoms with Crippen LogP contribution in [-0.2, 0) is 6.18 Å². The molecule has 0 atom stereocenters. The molecular formula is C18H24F3N5OS. The highest BCUT2D eigenvalue weighted by Gasteiger charge is 2.34. The van der Waals surface area contributed by atoms with Crippen molar-refractivity contribution < 1.29 is 18.3 Å². The Morgan fingerprint density at radius 2 is 1.93 bits per heavy atom. The summed E-state index contributed by atoms with van der Waals surface area (Å²) in [7, 11) is 0. The van der Waals surface area contributed by atoms with E-state index in [-0.39, 0.29) is 17.2 Å². The number of aliphatic hydroxyl groups is 1. The maximum atomic E-state index is 13.0. The van der Waals surface area contributed by atoms with Gasteiger partial charge in [0.1, 0.15) is 15.7 Å². The first kappa shape index (κ1) is 20.8.